The van der Waals surface area contributed by atoms with Gasteiger partial charge in [-0.2, -0.15) is 5.26 Å². The highest BCUT2D eigenvalue weighted by Crippen LogP contribution is 2.37. The van der Waals surface area contributed by atoms with Crippen molar-refractivity contribution in [2.45, 2.75) is 110 Å². The van der Waals surface area contributed by atoms with E-state index in [1.54, 1.807) is 0 Å². The summed E-state index contributed by atoms with van der Waals surface area (Å²) in [5.74, 6) is 1.38. The summed E-state index contributed by atoms with van der Waals surface area (Å²) >= 11 is 0. The molecule has 0 spiro atoms. The van der Waals surface area contributed by atoms with Crippen LogP contribution < -0.4 is 4.74 Å². The summed E-state index contributed by atoms with van der Waals surface area (Å²) in [5, 5.41) is 9.64. The van der Waals surface area contributed by atoms with Gasteiger partial charge in [0.15, 0.2) is 0 Å². The van der Waals surface area contributed by atoms with Crippen molar-refractivity contribution < 1.29 is 9.53 Å². The van der Waals surface area contributed by atoms with E-state index in [2.05, 4.69) is 51.1 Å². The van der Waals surface area contributed by atoms with Crippen molar-refractivity contribution in [3.63, 3.8) is 0 Å². The Labute approximate surface area is 219 Å². The summed E-state index contributed by atoms with van der Waals surface area (Å²) in [4.78, 5) is 12.9. The summed E-state index contributed by atoms with van der Waals surface area (Å²) in [6.07, 6.45) is 14.5. The average Bonchev–Trinajstić information content (AvgIpc) is 2.91. The van der Waals surface area contributed by atoms with Crippen molar-refractivity contribution in [3.05, 3.63) is 64.7 Å². The molecule has 1 fully saturated rings. The number of esters is 1. The van der Waals surface area contributed by atoms with Gasteiger partial charge in [0.1, 0.15) is 11.8 Å². The van der Waals surface area contributed by atoms with Gasteiger partial charge in [-0.1, -0.05) is 89.6 Å². The second kappa shape index (κ2) is 14.8. The van der Waals surface area contributed by atoms with Gasteiger partial charge in [0.05, 0.1) is 11.5 Å². The molecule has 0 aliphatic heterocycles. The SMILES string of the molecule is CCCCCCCCc1ccc(OC(=O)C2CCC(c3ccc(CC(C)CC)cc3)CC2)c(C#N)c1. The van der Waals surface area contributed by atoms with Crippen LogP contribution in [0.2, 0.25) is 0 Å². The molecule has 0 heterocycles. The normalized spacial score (nSPS) is 18.4. The second-order valence-electron chi connectivity index (χ2n) is 10.9. The first-order chi connectivity index (χ1) is 17.5. The molecule has 3 nitrogen and oxygen atoms in total. The van der Waals surface area contributed by atoms with Gasteiger partial charge >= 0.3 is 5.97 Å². The minimum atomic E-state index is -0.183. The number of rotatable bonds is 13. The first-order valence-electron chi connectivity index (χ1n) is 14.4. The first-order valence-corrected chi connectivity index (χ1v) is 14.4. The third kappa shape index (κ3) is 8.51. The third-order valence-corrected chi connectivity index (χ3v) is 7.99. The Morgan fingerprint density at radius 3 is 2.28 bits per heavy atom. The van der Waals surface area contributed by atoms with Crippen molar-refractivity contribution in [2.24, 2.45) is 11.8 Å². The van der Waals surface area contributed by atoms with Crippen LogP contribution in [-0.4, -0.2) is 5.97 Å². The fourth-order valence-electron chi connectivity index (χ4n) is 5.35. The second-order valence-corrected chi connectivity index (χ2v) is 10.9. The van der Waals surface area contributed by atoms with Gasteiger partial charge < -0.3 is 4.74 Å². The van der Waals surface area contributed by atoms with E-state index in [4.69, 9.17) is 4.74 Å². The number of nitriles is 1. The summed E-state index contributed by atoms with van der Waals surface area (Å²) in [7, 11) is 0. The van der Waals surface area contributed by atoms with E-state index in [1.165, 1.54) is 49.7 Å². The molecule has 0 radical (unpaired) electrons. The maximum atomic E-state index is 12.9. The van der Waals surface area contributed by atoms with Crippen LogP contribution in [0, 0.1) is 23.2 Å². The molecule has 0 N–H and O–H groups in total. The molecule has 0 saturated heterocycles. The highest BCUT2D eigenvalue weighted by Gasteiger charge is 2.29. The lowest BCUT2D eigenvalue weighted by Crippen LogP contribution is -2.25. The van der Waals surface area contributed by atoms with E-state index in [9.17, 15) is 10.1 Å². The van der Waals surface area contributed by atoms with E-state index < -0.39 is 0 Å². The molecule has 1 aliphatic carbocycles. The minimum Gasteiger partial charge on any atom is -0.425 e. The molecular formula is C33H45NO2. The quantitative estimate of drug-likeness (QED) is 0.161. The Morgan fingerprint density at radius 1 is 0.944 bits per heavy atom. The number of ether oxygens (including phenoxy) is 1. The average molecular weight is 488 g/mol. The van der Waals surface area contributed by atoms with Crippen molar-refractivity contribution in [1.29, 1.82) is 5.26 Å². The zero-order chi connectivity index (χ0) is 25.8. The molecular weight excluding hydrogens is 442 g/mol. The lowest BCUT2D eigenvalue weighted by molar-refractivity contribution is -0.140. The minimum absolute atomic E-state index is 0.0831. The Hall–Kier alpha value is -2.60. The summed E-state index contributed by atoms with van der Waals surface area (Å²) in [6, 6.07) is 17.1. The highest BCUT2D eigenvalue weighted by atomic mass is 16.5. The molecule has 3 rings (SSSR count). The molecule has 0 amide bonds. The number of benzene rings is 2. The number of hydrogen-bond acceptors (Lipinski definition) is 3. The lowest BCUT2D eigenvalue weighted by atomic mass is 9.78. The molecule has 36 heavy (non-hydrogen) atoms. The molecule has 3 heteroatoms. The number of carbonyl (C=O) groups is 1. The van der Waals surface area contributed by atoms with Gasteiger partial charge in [0.25, 0.3) is 0 Å². The molecule has 0 bridgehead atoms. The van der Waals surface area contributed by atoms with Crippen molar-refractivity contribution >= 4 is 5.97 Å². The van der Waals surface area contributed by atoms with Crippen LogP contribution in [0.5, 0.6) is 5.75 Å². The van der Waals surface area contributed by atoms with Gasteiger partial charge in [-0.3, -0.25) is 4.79 Å². The molecule has 2 aromatic rings. The Kier molecular flexibility index (Phi) is 11.5. The van der Waals surface area contributed by atoms with Crippen LogP contribution in [0.15, 0.2) is 42.5 Å². The van der Waals surface area contributed by atoms with Crippen LogP contribution in [0.3, 0.4) is 0 Å². The van der Waals surface area contributed by atoms with E-state index >= 15 is 0 Å². The Bertz CT molecular complexity index is 980. The number of unbranched alkanes of at least 4 members (excludes halogenated alkanes) is 5. The van der Waals surface area contributed by atoms with E-state index in [0.29, 0.717) is 17.2 Å². The number of carbonyl (C=O) groups excluding carboxylic acids is 1. The smallest absolute Gasteiger partial charge is 0.314 e. The third-order valence-electron chi connectivity index (χ3n) is 7.99. The molecule has 194 valence electrons. The van der Waals surface area contributed by atoms with Crippen molar-refractivity contribution in [3.8, 4) is 11.8 Å². The molecule has 2 aromatic carbocycles. The number of hydrogen-bond donors (Lipinski definition) is 0. The molecule has 1 atom stereocenters. The number of nitrogens with zero attached hydrogens (tertiary/aromatic N) is 1. The highest BCUT2D eigenvalue weighted by molar-refractivity contribution is 5.76. The topological polar surface area (TPSA) is 50.1 Å². The van der Waals surface area contributed by atoms with E-state index in [1.807, 2.05) is 18.2 Å². The van der Waals surface area contributed by atoms with Gasteiger partial charge in [-0.25, -0.2) is 0 Å². The lowest BCUT2D eigenvalue weighted by Gasteiger charge is -2.27. The maximum absolute atomic E-state index is 12.9. The largest absolute Gasteiger partial charge is 0.425 e. The van der Waals surface area contributed by atoms with Crippen LogP contribution in [-0.2, 0) is 17.6 Å². The molecule has 1 aliphatic rings. The molecule has 1 saturated carbocycles. The fourth-order valence-corrected chi connectivity index (χ4v) is 5.35. The van der Waals surface area contributed by atoms with Gasteiger partial charge in [-0.05, 0) is 85.6 Å². The summed E-state index contributed by atoms with van der Waals surface area (Å²) < 4.78 is 5.74. The van der Waals surface area contributed by atoms with Crippen LogP contribution in [0.4, 0.5) is 0 Å². The van der Waals surface area contributed by atoms with Crippen molar-refractivity contribution in [2.75, 3.05) is 0 Å². The van der Waals surface area contributed by atoms with E-state index in [-0.39, 0.29) is 11.9 Å². The molecule has 0 aromatic heterocycles. The van der Waals surface area contributed by atoms with Gasteiger partial charge in [-0.15, -0.1) is 0 Å². The summed E-state index contributed by atoms with van der Waals surface area (Å²) in [5.41, 5.74) is 4.43. The summed E-state index contributed by atoms with van der Waals surface area (Å²) in [6.45, 7) is 6.78. The maximum Gasteiger partial charge on any atom is 0.314 e. The molecule has 1 unspecified atom stereocenters. The Morgan fingerprint density at radius 2 is 1.61 bits per heavy atom. The predicted molar refractivity (Wildman–Crippen MR) is 148 cm³/mol. The van der Waals surface area contributed by atoms with E-state index in [0.717, 1.165) is 56.4 Å². The zero-order valence-electron chi connectivity index (χ0n) is 22.7. The number of aryl methyl sites for hydroxylation is 1. The monoisotopic (exact) mass is 487 g/mol. The van der Waals surface area contributed by atoms with Gasteiger partial charge in [0, 0.05) is 0 Å². The van der Waals surface area contributed by atoms with Gasteiger partial charge in [0.2, 0.25) is 0 Å². The fraction of sp³-hybridized carbons (Fsp3) is 0.576. The van der Waals surface area contributed by atoms with Crippen molar-refractivity contribution in [1.82, 2.24) is 0 Å². The van der Waals surface area contributed by atoms with Crippen LogP contribution >= 0.6 is 0 Å². The van der Waals surface area contributed by atoms with Crippen LogP contribution in [0.25, 0.3) is 0 Å². The van der Waals surface area contributed by atoms with Crippen LogP contribution in [0.1, 0.15) is 120 Å². The predicted octanol–water partition coefficient (Wildman–Crippen LogP) is 8.93. The first kappa shape index (κ1) is 28.0. The zero-order valence-corrected chi connectivity index (χ0v) is 22.7. The standard InChI is InChI=1S/C33H45NO2/c1-4-6-7-8-9-10-11-26-14-21-32(31(23-26)24-34)36-33(35)30-19-17-29(18-20-30)28-15-12-27(13-16-28)22-25(3)5-2/h12-16,21,23,25,29-30H,4-11,17-20,22H2,1-3H3. The Balaban J connectivity index is 1.47.